The normalized spacial score (nSPS) is 13.4. The molecule has 21 heavy (non-hydrogen) atoms. The Morgan fingerprint density at radius 2 is 1.71 bits per heavy atom. The third-order valence-corrected chi connectivity index (χ3v) is 5.93. The van der Waals surface area contributed by atoms with E-state index in [1.54, 1.807) is 0 Å². The summed E-state index contributed by atoms with van der Waals surface area (Å²) in [6.45, 7) is -0.00287. The second-order valence-electron chi connectivity index (χ2n) is 4.85. The zero-order chi connectivity index (χ0) is 16.5. The maximum atomic E-state index is 12.3. The molecule has 120 valence electrons. The number of sulfone groups is 1. The van der Waals surface area contributed by atoms with E-state index in [0.717, 1.165) is 18.4 Å². The maximum Gasteiger partial charge on any atom is 0.242 e. The van der Waals surface area contributed by atoms with Crippen LogP contribution in [0.3, 0.4) is 0 Å². The molecule has 7 nitrogen and oxygen atoms in total. The molecule has 0 saturated heterocycles. The lowest BCUT2D eigenvalue weighted by molar-refractivity contribution is 0.122. The topological polar surface area (TPSA) is 121 Å². The first-order chi connectivity index (χ1) is 9.45. The first-order valence-electron chi connectivity index (χ1n) is 5.70. The Morgan fingerprint density at radius 1 is 1.19 bits per heavy atom. The molecule has 0 heterocycles. The number of aliphatic hydroxyl groups excluding tert-OH is 2. The van der Waals surface area contributed by atoms with Crippen LogP contribution in [0.4, 0.5) is 0 Å². The molecule has 3 N–H and O–H groups in total. The average Bonchev–Trinajstić information content (AvgIpc) is 2.37. The van der Waals surface area contributed by atoms with Crippen LogP contribution in [0.25, 0.3) is 0 Å². The van der Waals surface area contributed by atoms with Gasteiger partial charge in [0.2, 0.25) is 10.0 Å². The van der Waals surface area contributed by atoms with Crippen LogP contribution in [0, 0.1) is 0 Å². The molecule has 1 aromatic rings. The number of aliphatic hydroxyl groups is 2. The number of benzene rings is 1. The summed E-state index contributed by atoms with van der Waals surface area (Å²) in [6.07, 6.45) is 0.936. The predicted molar refractivity (Wildman–Crippen MR) is 77.5 cm³/mol. The number of rotatable bonds is 6. The molecular formula is C11H16ClNO6S2. The van der Waals surface area contributed by atoms with Crippen molar-refractivity contribution in [3.8, 4) is 0 Å². The fraction of sp³-hybridized carbons (Fsp3) is 0.455. The average molecular weight is 358 g/mol. The number of nitrogens with one attached hydrogen (secondary N) is 1. The van der Waals surface area contributed by atoms with Gasteiger partial charge in [-0.3, -0.25) is 0 Å². The number of halogens is 1. The van der Waals surface area contributed by atoms with Crippen LogP contribution >= 0.6 is 11.6 Å². The summed E-state index contributed by atoms with van der Waals surface area (Å²) < 4.78 is 49.6. The summed E-state index contributed by atoms with van der Waals surface area (Å²) in [5, 5.41) is 18.1. The van der Waals surface area contributed by atoms with Crippen LogP contribution in [0.1, 0.15) is 6.92 Å². The fourth-order valence-corrected chi connectivity index (χ4v) is 4.05. The molecule has 0 atom stereocenters. The predicted octanol–water partition coefficient (Wildman–Crippen LogP) is -0.235. The van der Waals surface area contributed by atoms with Crippen LogP contribution in [0.15, 0.2) is 28.0 Å². The molecule has 0 fully saturated rings. The lowest BCUT2D eigenvalue weighted by Crippen LogP contribution is -2.51. The first-order valence-corrected chi connectivity index (χ1v) is 9.46. The Kier molecular flexibility index (Phi) is 5.40. The molecule has 0 aromatic heterocycles. The van der Waals surface area contributed by atoms with Crippen molar-refractivity contribution >= 4 is 31.5 Å². The van der Waals surface area contributed by atoms with E-state index in [0.29, 0.717) is 0 Å². The monoisotopic (exact) mass is 357 g/mol. The van der Waals surface area contributed by atoms with Gasteiger partial charge in [0.15, 0.2) is 9.84 Å². The summed E-state index contributed by atoms with van der Waals surface area (Å²) in [4.78, 5) is -0.651. The minimum atomic E-state index is -4.22. The zero-order valence-electron chi connectivity index (χ0n) is 11.4. The van der Waals surface area contributed by atoms with Crippen molar-refractivity contribution in [2.75, 3.05) is 19.5 Å². The number of sulfonamides is 1. The number of hydrogen-bond acceptors (Lipinski definition) is 6. The molecule has 0 amide bonds. The van der Waals surface area contributed by atoms with E-state index in [2.05, 4.69) is 4.72 Å². The fourth-order valence-electron chi connectivity index (χ4n) is 1.41. The van der Waals surface area contributed by atoms with Gasteiger partial charge in [0, 0.05) is 6.26 Å². The van der Waals surface area contributed by atoms with E-state index >= 15 is 0 Å². The molecule has 0 radical (unpaired) electrons. The van der Waals surface area contributed by atoms with Gasteiger partial charge in [0.1, 0.15) is 4.90 Å². The SMILES string of the molecule is CC(CO)(CO)NS(=O)(=O)c1cc(S(C)(=O)=O)ccc1Cl. The number of hydrogen-bond donors (Lipinski definition) is 3. The van der Waals surface area contributed by atoms with E-state index in [1.165, 1.54) is 13.0 Å². The van der Waals surface area contributed by atoms with Gasteiger partial charge in [-0.15, -0.1) is 0 Å². The van der Waals surface area contributed by atoms with E-state index in [4.69, 9.17) is 21.8 Å². The molecule has 0 aliphatic heterocycles. The summed E-state index contributed by atoms with van der Waals surface area (Å²) in [5.41, 5.74) is -1.50. The maximum absolute atomic E-state index is 12.3. The highest BCUT2D eigenvalue weighted by molar-refractivity contribution is 7.91. The van der Waals surface area contributed by atoms with E-state index in [9.17, 15) is 16.8 Å². The Balaban J connectivity index is 3.39. The van der Waals surface area contributed by atoms with Crippen molar-refractivity contribution in [3.05, 3.63) is 23.2 Å². The Morgan fingerprint density at radius 3 is 2.14 bits per heavy atom. The van der Waals surface area contributed by atoms with Crippen LogP contribution in [0.2, 0.25) is 5.02 Å². The van der Waals surface area contributed by atoms with Gasteiger partial charge < -0.3 is 10.2 Å². The first kappa shape index (κ1) is 18.3. The Hall–Kier alpha value is -0.710. The largest absolute Gasteiger partial charge is 0.394 e. The molecule has 0 saturated carbocycles. The van der Waals surface area contributed by atoms with Crippen molar-refractivity contribution in [3.63, 3.8) is 0 Å². The van der Waals surface area contributed by atoms with Crippen molar-refractivity contribution in [2.45, 2.75) is 22.3 Å². The third-order valence-electron chi connectivity index (χ3n) is 2.70. The highest BCUT2D eigenvalue weighted by Gasteiger charge is 2.31. The molecule has 1 aromatic carbocycles. The standard InChI is InChI=1S/C11H16ClNO6S2/c1-11(6-14,7-15)13-21(18,19)10-5-8(20(2,16)17)3-4-9(10)12/h3-5,13-15H,6-7H2,1-2H3. The van der Waals surface area contributed by atoms with Crippen LogP contribution in [0.5, 0.6) is 0 Å². The van der Waals surface area contributed by atoms with Crippen molar-refractivity contribution < 1.29 is 27.0 Å². The lowest BCUT2D eigenvalue weighted by Gasteiger charge is -2.26. The van der Waals surface area contributed by atoms with Gasteiger partial charge in [0.25, 0.3) is 0 Å². The van der Waals surface area contributed by atoms with Crippen molar-refractivity contribution in [1.82, 2.24) is 4.72 Å². The lowest BCUT2D eigenvalue weighted by atomic mass is 10.1. The Labute approximate surface area is 128 Å². The minimum Gasteiger partial charge on any atom is -0.394 e. The highest BCUT2D eigenvalue weighted by atomic mass is 35.5. The van der Waals surface area contributed by atoms with Crippen LogP contribution in [-0.4, -0.2) is 52.1 Å². The molecule has 0 aliphatic carbocycles. The molecule has 1 rings (SSSR count). The van der Waals surface area contributed by atoms with Crippen molar-refractivity contribution in [1.29, 1.82) is 0 Å². The molecule has 0 unspecified atom stereocenters. The van der Waals surface area contributed by atoms with Gasteiger partial charge in [0.05, 0.1) is 28.7 Å². The highest BCUT2D eigenvalue weighted by Crippen LogP contribution is 2.25. The summed E-state index contributed by atoms with van der Waals surface area (Å²) in [7, 11) is -7.83. The zero-order valence-corrected chi connectivity index (χ0v) is 13.8. The second kappa shape index (κ2) is 6.19. The summed E-state index contributed by atoms with van der Waals surface area (Å²) >= 11 is 5.81. The quantitative estimate of drug-likeness (QED) is 0.646. The van der Waals surface area contributed by atoms with Crippen LogP contribution in [-0.2, 0) is 19.9 Å². The van der Waals surface area contributed by atoms with E-state index < -0.39 is 43.5 Å². The molecule has 0 spiro atoms. The van der Waals surface area contributed by atoms with Gasteiger partial charge in [-0.25, -0.2) is 21.6 Å². The smallest absolute Gasteiger partial charge is 0.242 e. The van der Waals surface area contributed by atoms with Gasteiger partial charge in [-0.2, -0.15) is 0 Å². The second-order valence-corrected chi connectivity index (χ2v) is 8.92. The van der Waals surface area contributed by atoms with E-state index in [-0.39, 0.29) is 9.92 Å². The van der Waals surface area contributed by atoms with Crippen molar-refractivity contribution in [2.24, 2.45) is 0 Å². The van der Waals surface area contributed by atoms with Gasteiger partial charge >= 0.3 is 0 Å². The minimum absolute atomic E-state index is 0.173. The van der Waals surface area contributed by atoms with Crippen LogP contribution < -0.4 is 4.72 Å². The molecule has 0 bridgehead atoms. The van der Waals surface area contributed by atoms with E-state index in [1.807, 2.05) is 0 Å². The molecule has 0 aliphatic rings. The third kappa shape index (κ3) is 4.38. The van der Waals surface area contributed by atoms with Gasteiger partial charge in [-0.1, -0.05) is 11.6 Å². The summed E-state index contributed by atoms with van der Waals surface area (Å²) in [5.74, 6) is 0. The molecular weight excluding hydrogens is 342 g/mol. The van der Waals surface area contributed by atoms with Gasteiger partial charge in [-0.05, 0) is 25.1 Å². The Bertz CT molecular complexity index is 725. The summed E-state index contributed by atoms with van der Waals surface area (Å²) in [6, 6.07) is 3.27. The molecule has 10 heteroatoms.